The van der Waals surface area contributed by atoms with Crippen LogP contribution < -0.4 is 10.6 Å². The van der Waals surface area contributed by atoms with E-state index in [9.17, 15) is 14.0 Å². The predicted octanol–water partition coefficient (Wildman–Crippen LogP) is 3.58. The number of rotatable bonds is 4. The maximum atomic E-state index is 15.1. The standard InChI is InChI=1S/C21H18F2N6O2/c1-9-17(13-6-24-28-19(13)20(18(9)23)25-10(2)30)11-3-4-16-26-15(8-29(16)7-11)27-21(31)12-5-14(12)22/h3-4,6-8,12,14H,5H2,1-2H3,(H,24,28)(H,25,30)(H,27,31)/t12-,14+/m1/s1. The molecule has 3 N–H and O–H groups in total. The summed E-state index contributed by atoms with van der Waals surface area (Å²) < 4.78 is 29.9. The number of aromatic nitrogens is 4. The van der Waals surface area contributed by atoms with Crippen molar-refractivity contribution in [1.82, 2.24) is 19.6 Å². The van der Waals surface area contributed by atoms with E-state index in [4.69, 9.17) is 0 Å². The molecule has 2 amide bonds. The Morgan fingerprint density at radius 3 is 2.74 bits per heavy atom. The van der Waals surface area contributed by atoms with E-state index in [-0.39, 0.29) is 23.9 Å². The molecular weight excluding hydrogens is 406 g/mol. The quantitative estimate of drug-likeness (QED) is 0.466. The average molecular weight is 424 g/mol. The Hall–Kier alpha value is -3.82. The molecule has 0 unspecified atom stereocenters. The topological polar surface area (TPSA) is 104 Å². The van der Waals surface area contributed by atoms with Crippen LogP contribution in [-0.2, 0) is 9.59 Å². The summed E-state index contributed by atoms with van der Waals surface area (Å²) in [5.74, 6) is -1.61. The van der Waals surface area contributed by atoms with Gasteiger partial charge in [-0.15, -0.1) is 0 Å². The average Bonchev–Trinajstić information content (AvgIpc) is 3.11. The first-order valence-electron chi connectivity index (χ1n) is 9.70. The molecule has 8 nitrogen and oxygen atoms in total. The number of hydrogen-bond acceptors (Lipinski definition) is 4. The van der Waals surface area contributed by atoms with Crippen LogP contribution in [0.25, 0.3) is 27.7 Å². The molecule has 1 aromatic carbocycles. The van der Waals surface area contributed by atoms with Gasteiger partial charge in [0.15, 0.2) is 11.6 Å². The summed E-state index contributed by atoms with van der Waals surface area (Å²) in [6.45, 7) is 2.94. The zero-order valence-corrected chi connectivity index (χ0v) is 16.7. The van der Waals surface area contributed by atoms with Crippen molar-refractivity contribution in [3.63, 3.8) is 0 Å². The Morgan fingerprint density at radius 2 is 2.03 bits per heavy atom. The summed E-state index contributed by atoms with van der Waals surface area (Å²) in [6.07, 6.45) is 4.12. The summed E-state index contributed by atoms with van der Waals surface area (Å²) in [5, 5.41) is 12.6. The lowest BCUT2D eigenvalue weighted by Gasteiger charge is -2.14. The molecule has 158 valence electrons. The monoisotopic (exact) mass is 424 g/mol. The minimum Gasteiger partial charge on any atom is -0.322 e. The number of halogens is 2. The number of amides is 2. The third-order valence-corrected chi connectivity index (χ3v) is 5.42. The first-order valence-corrected chi connectivity index (χ1v) is 9.70. The van der Waals surface area contributed by atoms with Crippen LogP contribution >= 0.6 is 0 Å². The molecule has 1 aliphatic rings. The zero-order valence-electron chi connectivity index (χ0n) is 16.7. The molecule has 0 saturated heterocycles. The second-order valence-electron chi connectivity index (χ2n) is 7.69. The molecule has 3 heterocycles. The van der Waals surface area contributed by atoms with Gasteiger partial charge in [0.05, 0.1) is 23.8 Å². The Kier molecular flexibility index (Phi) is 4.24. The predicted molar refractivity (Wildman–Crippen MR) is 111 cm³/mol. The van der Waals surface area contributed by atoms with Gasteiger partial charge in [-0.05, 0) is 36.6 Å². The third kappa shape index (κ3) is 3.20. The van der Waals surface area contributed by atoms with Crippen molar-refractivity contribution in [1.29, 1.82) is 0 Å². The van der Waals surface area contributed by atoms with Gasteiger partial charge in [0.1, 0.15) is 17.5 Å². The first-order chi connectivity index (χ1) is 14.8. The molecule has 5 rings (SSSR count). The molecule has 0 aliphatic heterocycles. The number of anilines is 2. The van der Waals surface area contributed by atoms with Crippen LogP contribution in [0.5, 0.6) is 0 Å². The van der Waals surface area contributed by atoms with Gasteiger partial charge in [-0.3, -0.25) is 14.7 Å². The van der Waals surface area contributed by atoms with Gasteiger partial charge in [0.25, 0.3) is 0 Å². The third-order valence-electron chi connectivity index (χ3n) is 5.42. The molecule has 2 atom stereocenters. The largest absolute Gasteiger partial charge is 0.322 e. The number of aromatic amines is 1. The van der Waals surface area contributed by atoms with E-state index in [1.165, 1.54) is 6.92 Å². The van der Waals surface area contributed by atoms with Gasteiger partial charge in [-0.25, -0.2) is 13.8 Å². The van der Waals surface area contributed by atoms with Crippen molar-refractivity contribution in [3.05, 3.63) is 42.1 Å². The summed E-state index contributed by atoms with van der Waals surface area (Å²) in [5.41, 5.74) is 2.69. The lowest BCUT2D eigenvalue weighted by atomic mass is 9.96. The number of H-pyrrole nitrogens is 1. The van der Waals surface area contributed by atoms with Crippen molar-refractivity contribution < 1.29 is 18.4 Å². The highest BCUT2D eigenvalue weighted by molar-refractivity contribution is 6.06. The van der Waals surface area contributed by atoms with Crippen molar-refractivity contribution in [3.8, 4) is 11.1 Å². The van der Waals surface area contributed by atoms with E-state index in [2.05, 4.69) is 25.8 Å². The second kappa shape index (κ2) is 6.86. The second-order valence-corrected chi connectivity index (χ2v) is 7.69. The van der Waals surface area contributed by atoms with Crippen LogP contribution in [0.3, 0.4) is 0 Å². The molecule has 0 radical (unpaired) electrons. The van der Waals surface area contributed by atoms with Crippen molar-refractivity contribution in [2.45, 2.75) is 26.4 Å². The Labute approximate surface area is 174 Å². The number of fused-ring (bicyclic) bond motifs is 2. The van der Waals surface area contributed by atoms with Crippen LogP contribution in [0, 0.1) is 18.7 Å². The molecule has 1 fully saturated rings. The highest BCUT2D eigenvalue weighted by Gasteiger charge is 2.43. The number of carbonyl (C=O) groups is 2. The van der Waals surface area contributed by atoms with Gasteiger partial charge in [-0.1, -0.05) is 0 Å². The normalized spacial score (nSPS) is 17.8. The van der Waals surface area contributed by atoms with Crippen molar-refractivity contribution in [2.24, 2.45) is 5.92 Å². The Bertz CT molecular complexity index is 1380. The molecule has 4 aromatic rings. The van der Waals surface area contributed by atoms with Gasteiger partial charge < -0.3 is 15.0 Å². The fraction of sp³-hybridized carbons (Fsp3) is 0.238. The van der Waals surface area contributed by atoms with Crippen LogP contribution in [0.4, 0.5) is 20.3 Å². The molecule has 1 saturated carbocycles. The number of hydrogen-bond donors (Lipinski definition) is 3. The van der Waals surface area contributed by atoms with E-state index < -0.39 is 17.9 Å². The molecule has 3 aromatic heterocycles. The van der Waals surface area contributed by atoms with E-state index in [0.717, 1.165) is 0 Å². The molecule has 10 heteroatoms. The van der Waals surface area contributed by atoms with E-state index >= 15 is 4.39 Å². The van der Waals surface area contributed by atoms with E-state index in [1.807, 2.05) is 0 Å². The molecule has 1 aliphatic carbocycles. The summed E-state index contributed by atoms with van der Waals surface area (Å²) in [7, 11) is 0. The lowest BCUT2D eigenvalue weighted by Crippen LogP contribution is -2.15. The van der Waals surface area contributed by atoms with Gasteiger partial charge in [-0.2, -0.15) is 5.10 Å². The first kappa shape index (κ1) is 19.2. The highest BCUT2D eigenvalue weighted by atomic mass is 19.1. The van der Waals surface area contributed by atoms with Gasteiger partial charge in [0, 0.05) is 24.1 Å². The molecule has 0 spiro atoms. The number of imidazole rings is 1. The number of nitrogens with one attached hydrogen (secondary N) is 3. The number of pyridine rings is 1. The summed E-state index contributed by atoms with van der Waals surface area (Å²) in [6, 6.07) is 3.53. The van der Waals surface area contributed by atoms with E-state index in [1.54, 1.807) is 42.0 Å². The van der Waals surface area contributed by atoms with E-state index in [0.29, 0.717) is 39.1 Å². The van der Waals surface area contributed by atoms with Crippen LogP contribution in [0.15, 0.2) is 30.7 Å². The SMILES string of the molecule is CC(=O)Nc1c(F)c(C)c(-c2ccc3nc(NC(=O)[C@@H]4C[C@@H]4F)cn3c2)c2cn[nH]c12. The summed E-state index contributed by atoms with van der Waals surface area (Å²) in [4.78, 5) is 27.8. The maximum Gasteiger partial charge on any atom is 0.231 e. The van der Waals surface area contributed by atoms with Crippen LogP contribution in [-0.4, -0.2) is 37.6 Å². The van der Waals surface area contributed by atoms with Crippen molar-refractivity contribution >= 4 is 39.9 Å². The summed E-state index contributed by atoms with van der Waals surface area (Å²) >= 11 is 0. The Balaban J connectivity index is 1.57. The number of alkyl halides is 1. The molecule has 0 bridgehead atoms. The van der Waals surface area contributed by atoms with Gasteiger partial charge in [0.2, 0.25) is 11.8 Å². The zero-order chi connectivity index (χ0) is 21.9. The minimum atomic E-state index is -1.08. The smallest absolute Gasteiger partial charge is 0.231 e. The number of benzene rings is 1. The molecule has 31 heavy (non-hydrogen) atoms. The molecular formula is C21H18F2N6O2. The number of carbonyl (C=O) groups excluding carboxylic acids is 2. The highest BCUT2D eigenvalue weighted by Crippen LogP contribution is 2.38. The Morgan fingerprint density at radius 1 is 1.26 bits per heavy atom. The van der Waals surface area contributed by atoms with Crippen LogP contribution in [0.1, 0.15) is 18.9 Å². The lowest BCUT2D eigenvalue weighted by molar-refractivity contribution is -0.117. The maximum absolute atomic E-state index is 15.1. The minimum absolute atomic E-state index is 0.0567. The number of nitrogens with zero attached hydrogens (tertiary/aromatic N) is 3. The van der Waals surface area contributed by atoms with Crippen molar-refractivity contribution in [2.75, 3.05) is 10.6 Å². The van der Waals surface area contributed by atoms with Gasteiger partial charge >= 0.3 is 0 Å². The fourth-order valence-corrected chi connectivity index (χ4v) is 3.79. The van der Waals surface area contributed by atoms with Crippen LogP contribution in [0.2, 0.25) is 0 Å². The fourth-order valence-electron chi connectivity index (χ4n) is 3.79.